The lowest BCUT2D eigenvalue weighted by atomic mass is 9.82. The average Bonchev–Trinajstić information content (AvgIpc) is 3.74. The van der Waals surface area contributed by atoms with Crippen LogP contribution in [0.4, 0.5) is 0 Å². The fourth-order valence-corrected chi connectivity index (χ4v) is 9.27. The van der Waals surface area contributed by atoms with Gasteiger partial charge in [0.15, 0.2) is 11.6 Å². The number of carbonyl (C=O) groups excluding carboxylic acids is 5. The fraction of sp³-hybridized carbons (Fsp3) is 0.644. The van der Waals surface area contributed by atoms with E-state index in [-0.39, 0.29) is 46.9 Å². The van der Waals surface area contributed by atoms with Gasteiger partial charge in [-0.1, -0.05) is 94.5 Å². The van der Waals surface area contributed by atoms with Gasteiger partial charge in [-0.3, -0.25) is 29.0 Å². The van der Waals surface area contributed by atoms with Crippen LogP contribution in [0.5, 0.6) is 0 Å². The van der Waals surface area contributed by atoms with Crippen molar-refractivity contribution in [2.24, 2.45) is 29.0 Å². The van der Waals surface area contributed by atoms with Gasteiger partial charge in [0.25, 0.3) is 0 Å². The first kappa shape index (κ1) is 45.1. The smallest absolute Gasteiger partial charge is 0.245 e. The Labute approximate surface area is 344 Å². The van der Waals surface area contributed by atoms with Gasteiger partial charge < -0.3 is 38.1 Å². The maximum Gasteiger partial charge on any atom is 0.245 e. The summed E-state index contributed by atoms with van der Waals surface area (Å²) in [5.41, 5.74) is 20.3. The molecule has 0 bridgehead atoms. The number of rotatable bonds is 21. The van der Waals surface area contributed by atoms with Crippen LogP contribution in [0.3, 0.4) is 0 Å². The molecule has 2 saturated carbocycles. The molecule has 0 spiro atoms. The highest BCUT2D eigenvalue weighted by molar-refractivity contribution is 6.13. The van der Waals surface area contributed by atoms with E-state index in [4.69, 9.17) is 17.2 Å². The van der Waals surface area contributed by atoms with E-state index in [1.807, 2.05) is 30.3 Å². The summed E-state index contributed by atoms with van der Waals surface area (Å²) in [5.74, 6) is -1.02. The SMILES string of the molecule is CN[C@@H](Cc1ccccc1)C(=O)N[C@@H](CCCCN)C(=O)N1CCC[C@H]1C(=O)c1ccnc(CNC(=O)[C@@H](N)CC2CCCCC2)c1C(=O)[C@H](N)CC1CCCCC1. The number of amides is 3. The molecule has 5 rings (SSSR count). The Balaban J connectivity index is 1.37. The van der Waals surface area contributed by atoms with Gasteiger partial charge in [-0.25, -0.2) is 0 Å². The number of aromatic nitrogens is 1. The van der Waals surface area contributed by atoms with Gasteiger partial charge in [0.1, 0.15) is 6.04 Å². The zero-order valence-corrected chi connectivity index (χ0v) is 34.6. The first-order chi connectivity index (χ1) is 28.1. The molecule has 3 aliphatic rings. The van der Waals surface area contributed by atoms with Crippen molar-refractivity contribution in [3.8, 4) is 0 Å². The maximum absolute atomic E-state index is 14.7. The molecular formula is C45H68N8O5. The molecule has 0 unspecified atom stereocenters. The first-order valence-electron chi connectivity index (χ1n) is 22.0. The largest absolute Gasteiger partial charge is 0.349 e. The van der Waals surface area contributed by atoms with Gasteiger partial charge in [0, 0.05) is 18.3 Å². The molecule has 3 amide bonds. The van der Waals surface area contributed by atoms with E-state index in [0.717, 1.165) is 56.9 Å². The zero-order valence-electron chi connectivity index (χ0n) is 34.6. The Bertz CT molecular complexity index is 1660. The van der Waals surface area contributed by atoms with Crippen LogP contribution >= 0.6 is 0 Å². The van der Waals surface area contributed by atoms with E-state index in [0.29, 0.717) is 76.3 Å². The van der Waals surface area contributed by atoms with Gasteiger partial charge in [0.05, 0.1) is 42.0 Å². The number of hydrogen-bond donors (Lipinski definition) is 6. The van der Waals surface area contributed by atoms with Gasteiger partial charge in [-0.15, -0.1) is 0 Å². The summed E-state index contributed by atoms with van der Waals surface area (Å²) in [6, 6.07) is 7.34. The van der Waals surface area contributed by atoms with E-state index >= 15 is 0 Å². The van der Waals surface area contributed by atoms with Gasteiger partial charge in [-0.05, 0) is 88.4 Å². The predicted molar refractivity (Wildman–Crippen MR) is 226 cm³/mol. The minimum absolute atomic E-state index is 0.0896. The summed E-state index contributed by atoms with van der Waals surface area (Å²) < 4.78 is 0. The molecule has 5 atom stereocenters. The van der Waals surface area contributed by atoms with Gasteiger partial charge in [0.2, 0.25) is 17.7 Å². The third-order valence-corrected chi connectivity index (χ3v) is 12.6. The number of nitrogens with one attached hydrogen (secondary N) is 3. The number of nitrogens with two attached hydrogens (primary N) is 3. The number of carbonyl (C=O) groups is 5. The molecule has 1 aliphatic heterocycles. The van der Waals surface area contributed by atoms with E-state index in [2.05, 4.69) is 20.9 Å². The van der Waals surface area contributed by atoms with Crippen LogP contribution in [0.25, 0.3) is 0 Å². The van der Waals surface area contributed by atoms with Crippen LogP contribution in [-0.4, -0.2) is 89.5 Å². The number of pyridine rings is 1. The molecule has 1 aromatic heterocycles. The van der Waals surface area contributed by atoms with Crippen molar-refractivity contribution in [2.75, 3.05) is 20.1 Å². The number of Topliss-reactive ketones (excluding diaryl/α,β-unsaturated/α-hetero) is 2. The summed E-state index contributed by atoms with van der Waals surface area (Å²) in [6.45, 7) is 0.687. The lowest BCUT2D eigenvalue weighted by Gasteiger charge is -2.30. The van der Waals surface area contributed by atoms with Crippen molar-refractivity contribution in [3.63, 3.8) is 0 Å². The highest BCUT2D eigenvalue weighted by Gasteiger charge is 2.40. The van der Waals surface area contributed by atoms with Crippen LogP contribution < -0.4 is 33.2 Å². The van der Waals surface area contributed by atoms with Crippen LogP contribution in [0.15, 0.2) is 42.6 Å². The third kappa shape index (κ3) is 12.5. The van der Waals surface area contributed by atoms with Crippen molar-refractivity contribution in [2.45, 2.75) is 152 Å². The summed E-state index contributed by atoms with van der Waals surface area (Å²) in [7, 11) is 1.72. The highest BCUT2D eigenvalue weighted by Crippen LogP contribution is 2.31. The number of hydrogen-bond acceptors (Lipinski definition) is 10. The van der Waals surface area contributed by atoms with Crippen molar-refractivity contribution in [1.82, 2.24) is 25.8 Å². The summed E-state index contributed by atoms with van der Waals surface area (Å²) >= 11 is 0. The Hall–Kier alpha value is -4.04. The highest BCUT2D eigenvalue weighted by atomic mass is 16.2. The Morgan fingerprint density at radius 1 is 0.793 bits per heavy atom. The Morgan fingerprint density at radius 2 is 1.45 bits per heavy atom. The second kappa shape index (κ2) is 22.9. The van der Waals surface area contributed by atoms with E-state index in [9.17, 15) is 24.0 Å². The average molecular weight is 801 g/mol. The van der Waals surface area contributed by atoms with Gasteiger partial charge in [-0.2, -0.15) is 0 Å². The molecule has 1 saturated heterocycles. The van der Waals surface area contributed by atoms with E-state index < -0.39 is 36.0 Å². The van der Waals surface area contributed by atoms with Crippen molar-refractivity contribution in [3.05, 3.63) is 65.0 Å². The molecule has 2 heterocycles. The summed E-state index contributed by atoms with van der Waals surface area (Å²) in [4.78, 5) is 76.6. The molecule has 3 fully saturated rings. The first-order valence-corrected chi connectivity index (χ1v) is 22.0. The Morgan fingerprint density at radius 3 is 2.09 bits per heavy atom. The van der Waals surface area contributed by atoms with E-state index in [1.54, 1.807) is 11.9 Å². The molecule has 318 valence electrons. The molecule has 13 nitrogen and oxygen atoms in total. The van der Waals surface area contributed by atoms with E-state index in [1.165, 1.54) is 25.1 Å². The molecule has 58 heavy (non-hydrogen) atoms. The number of unbranched alkanes of at least 4 members (excludes halogenated alkanes) is 1. The minimum atomic E-state index is -0.870. The van der Waals surface area contributed by atoms with Crippen molar-refractivity contribution >= 4 is 29.3 Å². The van der Waals surface area contributed by atoms with Crippen LogP contribution in [0.2, 0.25) is 0 Å². The van der Waals surface area contributed by atoms with Crippen LogP contribution in [0.1, 0.15) is 141 Å². The molecule has 1 aromatic carbocycles. The number of ketones is 2. The van der Waals surface area contributed by atoms with Crippen LogP contribution in [-0.2, 0) is 27.3 Å². The molecule has 2 aliphatic carbocycles. The topological polar surface area (TPSA) is 216 Å². The second-order valence-corrected chi connectivity index (χ2v) is 16.9. The minimum Gasteiger partial charge on any atom is -0.349 e. The summed E-state index contributed by atoms with van der Waals surface area (Å²) in [5, 5.41) is 8.99. The molecule has 2 aromatic rings. The number of likely N-dealkylation sites (N-methyl/N-ethyl adjacent to an activating group) is 1. The molecule has 9 N–H and O–H groups in total. The quantitative estimate of drug-likeness (QED) is 0.0786. The number of nitrogens with zero attached hydrogens (tertiary/aromatic N) is 2. The number of benzene rings is 1. The Kier molecular flexibility index (Phi) is 17.8. The van der Waals surface area contributed by atoms with Crippen molar-refractivity contribution < 1.29 is 24.0 Å². The van der Waals surface area contributed by atoms with Crippen LogP contribution in [0, 0.1) is 11.8 Å². The normalized spacial score (nSPS) is 19.9. The van der Waals surface area contributed by atoms with Crippen molar-refractivity contribution in [1.29, 1.82) is 0 Å². The maximum atomic E-state index is 14.7. The lowest BCUT2D eigenvalue weighted by molar-refractivity contribution is -0.137. The monoisotopic (exact) mass is 801 g/mol. The summed E-state index contributed by atoms with van der Waals surface area (Å²) in [6.07, 6.45) is 16.7. The fourth-order valence-electron chi connectivity index (χ4n) is 9.27. The predicted octanol–water partition coefficient (Wildman–Crippen LogP) is 4.09. The van der Waals surface area contributed by atoms with Gasteiger partial charge >= 0.3 is 0 Å². The second-order valence-electron chi connectivity index (χ2n) is 16.9. The molecular weight excluding hydrogens is 733 g/mol. The standard InChI is InChI=1S/C45H68N8O5/c1-49-37(28-32-18-9-4-10-19-32)44(57)52-36(20-11-12-23-46)45(58)53-25-13-21-39(53)41(54)33-22-24-50-38(29-51-43(56)35(48)27-31-16-7-3-8-17-31)40(33)42(55)34(47)26-30-14-5-2-6-15-30/h4,9-10,18-19,22,24,30-31,34-37,39,49H,2-3,5-8,11-17,20-21,23,25-29,46-48H2,1H3,(H,51,56)(H,52,57)/t34-,35+,36+,37+,39+/m1/s1. The number of likely N-dealkylation sites (tertiary alicyclic amines) is 1. The third-order valence-electron chi connectivity index (χ3n) is 12.6. The lowest BCUT2D eigenvalue weighted by Crippen LogP contribution is -2.55. The molecule has 0 radical (unpaired) electrons. The molecule has 13 heteroatoms. The zero-order chi connectivity index (χ0) is 41.4.